The second-order valence-electron chi connectivity index (χ2n) is 4.82. The molecule has 1 aliphatic heterocycles. The molecule has 2 rings (SSSR count). The van der Waals surface area contributed by atoms with Crippen molar-refractivity contribution in [3.05, 3.63) is 29.8 Å². The molecule has 1 amide bonds. The van der Waals surface area contributed by atoms with E-state index in [2.05, 4.69) is 0 Å². The van der Waals surface area contributed by atoms with Gasteiger partial charge in [-0.25, -0.2) is 0 Å². The molecule has 5 heteroatoms. The van der Waals surface area contributed by atoms with Gasteiger partial charge >= 0.3 is 5.97 Å². The number of carbonyl (C=O) groups is 2. The molecule has 1 fully saturated rings. The third kappa shape index (κ3) is 3.24. The van der Waals surface area contributed by atoms with Gasteiger partial charge in [-0.3, -0.25) is 9.59 Å². The molecule has 1 saturated heterocycles. The fraction of sp³-hybridized carbons (Fsp3) is 0.429. The van der Waals surface area contributed by atoms with E-state index in [9.17, 15) is 14.7 Å². The number of hydrogen-bond donors (Lipinski definition) is 2. The van der Waals surface area contributed by atoms with Crippen LogP contribution in [0.1, 0.15) is 18.4 Å². The zero-order valence-electron chi connectivity index (χ0n) is 10.6. The molecule has 1 atom stereocenters. The van der Waals surface area contributed by atoms with Gasteiger partial charge in [0.25, 0.3) is 0 Å². The number of aromatic hydroxyl groups is 1. The Bertz CT molecular complexity index is 486. The summed E-state index contributed by atoms with van der Waals surface area (Å²) in [6.45, 7) is 0.859. The average molecular weight is 263 g/mol. The number of carboxylic acids is 1. The van der Waals surface area contributed by atoms with Crippen molar-refractivity contribution in [2.45, 2.75) is 19.3 Å². The first-order valence-corrected chi connectivity index (χ1v) is 6.35. The minimum absolute atomic E-state index is 0.0997. The summed E-state index contributed by atoms with van der Waals surface area (Å²) >= 11 is 0. The molecule has 19 heavy (non-hydrogen) atoms. The molecule has 0 saturated carbocycles. The Kier molecular flexibility index (Phi) is 4.04. The number of rotatable bonds is 3. The predicted octanol–water partition coefficient (Wildman–Crippen LogP) is 1.26. The Labute approximate surface area is 111 Å². The standard InChI is InChI=1S/C14H17NO4/c16-12-6-2-1-4-10(12)8-13(17)15-7-3-5-11(9-15)14(18)19/h1-2,4,6,11,16H,3,5,7-9H2,(H,18,19). The molecule has 5 nitrogen and oxygen atoms in total. The van der Waals surface area contributed by atoms with Crippen LogP contribution in [-0.2, 0) is 16.0 Å². The van der Waals surface area contributed by atoms with Crippen molar-refractivity contribution >= 4 is 11.9 Å². The lowest BCUT2D eigenvalue weighted by Crippen LogP contribution is -2.42. The number of phenolic OH excluding ortho intramolecular Hbond substituents is 1. The van der Waals surface area contributed by atoms with Crippen LogP contribution in [0.25, 0.3) is 0 Å². The minimum atomic E-state index is -0.847. The number of benzene rings is 1. The number of likely N-dealkylation sites (tertiary alicyclic amines) is 1. The minimum Gasteiger partial charge on any atom is -0.508 e. The largest absolute Gasteiger partial charge is 0.508 e. The van der Waals surface area contributed by atoms with E-state index in [-0.39, 0.29) is 24.6 Å². The van der Waals surface area contributed by atoms with Gasteiger partial charge in [0, 0.05) is 18.7 Å². The number of phenols is 1. The van der Waals surface area contributed by atoms with Crippen LogP contribution in [0.15, 0.2) is 24.3 Å². The third-order valence-corrected chi connectivity index (χ3v) is 3.46. The summed E-state index contributed by atoms with van der Waals surface area (Å²) in [6.07, 6.45) is 1.44. The second kappa shape index (κ2) is 5.73. The molecular formula is C14H17NO4. The van der Waals surface area contributed by atoms with Crippen LogP contribution in [-0.4, -0.2) is 40.1 Å². The lowest BCUT2D eigenvalue weighted by molar-refractivity contribution is -0.145. The zero-order chi connectivity index (χ0) is 13.8. The maximum Gasteiger partial charge on any atom is 0.308 e. The average Bonchev–Trinajstić information content (AvgIpc) is 2.41. The normalized spacial score (nSPS) is 19.2. The highest BCUT2D eigenvalue weighted by atomic mass is 16.4. The number of nitrogens with zero attached hydrogens (tertiary/aromatic N) is 1. The van der Waals surface area contributed by atoms with Gasteiger partial charge in [-0.1, -0.05) is 18.2 Å². The van der Waals surface area contributed by atoms with E-state index in [4.69, 9.17) is 5.11 Å². The number of carboxylic acid groups (broad SMARTS) is 1. The molecule has 0 aromatic heterocycles. The fourth-order valence-electron chi connectivity index (χ4n) is 2.34. The van der Waals surface area contributed by atoms with E-state index in [1.54, 1.807) is 29.2 Å². The van der Waals surface area contributed by atoms with E-state index in [1.807, 2.05) is 0 Å². The van der Waals surface area contributed by atoms with Crippen LogP contribution in [0.4, 0.5) is 0 Å². The summed E-state index contributed by atoms with van der Waals surface area (Å²) in [4.78, 5) is 24.6. The lowest BCUT2D eigenvalue weighted by Gasteiger charge is -2.30. The Balaban J connectivity index is 2.00. The number of amides is 1. The highest BCUT2D eigenvalue weighted by Gasteiger charge is 2.28. The van der Waals surface area contributed by atoms with E-state index in [1.165, 1.54) is 0 Å². The molecule has 0 radical (unpaired) electrons. The van der Waals surface area contributed by atoms with Gasteiger partial charge in [0.15, 0.2) is 0 Å². The molecule has 0 spiro atoms. The number of para-hydroxylation sites is 1. The van der Waals surface area contributed by atoms with Crippen molar-refractivity contribution in [3.8, 4) is 5.75 Å². The van der Waals surface area contributed by atoms with E-state index < -0.39 is 11.9 Å². The summed E-state index contributed by atoms with van der Waals surface area (Å²) in [7, 11) is 0. The van der Waals surface area contributed by atoms with Crippen molar-refractivity contribution in [1.29, 1.82) is 0 Å². The number of hydrogen-bond acceptors (Lipinski definition) is 3. The van der Waals surface area contributed by atoms with Crippen molar-refractivity contribution in [2.75, 3.05) is 13.1 Å². The Morgan fingerprint density at radius 1 is 1.32 bits per heavy atom. The number of piperidine rings is 1. The molecule has 1 unspecified atom stereocenters. The molecule has 1 aromatic rings. The van der Waals surface area contributed by atoms with Gasteiger partial charge in [0.2, 0.25) is 5.91 Å². The topological polar surface area (TPSA) is 77.8 Å². The van der Waals surface area contributed by atoms with Crippen LogP contribution in [0.3, 0.4) is 0 Å². The highest BCUT2D eigenvalue weighted by molar-refractivity contribution is 5.80. The van der Waals surface area contributed by atoms with E-state index in [0.29, 0.717) is 24.9 Å². The first-order chi connectivity index (χ1) is 9.08. The molecule has 1 aromatic carbocycles. The van der Waals surface area contributed by atoms with Crippen molar-refractivity contribution in [1.82, 2.24) is 4.90 Å². The molecule has 102 valence electrons. The van der Waals surface area contributed by atoms with Crippen LogP contribution < -0.4 is 0 Å². The van der Waals surface area contributed by atoms with Gasteiger partial charge in [0.1, 0.15) is 5.75 Å². The molecule has 1 heterocycles. The molecular weight excluding hydrogens is 246 g/mol. The maximum absolute atomic E-state index is 12.1. The van der Waals surface area contributed by atoms with Gasteiger partial charge < -0.3 is 15.1 Å². The van der Waals surface area contributed by atoms with Crippen LogP contribution in [0.5, 0.6) is 5.75 Å². The lowest BCUT2D eigenvalue weighted by atomic mass is 9.97. The van der Waals surface area contributed by atoms with E-state index in [0.717, 1.165) is 0 Å². The molecule has 2 N–H and O–H groups in total. The Morgan fingerprint density at radius 2 is 2.05 bits per heavy atom. The summed E-state index contributed by atoms with van der Waals surface area (Å²) in [5, 5.41) is 18.6. The number of carbonyl (C=O) groups excluding carboxylic acids is 1. The molecule has 0 aliphatic carbocycles. The van der Waals surface area contributed by atoms with Crippen LogP contribution >= 0.6 is 0 Å². The highest BCUT2D eigenvalue weighted by Crippen LogP contribution is 2.20. The summed E-state index contributed by atoms with van der Waals surface area (Å²) < 4.78 is 0. The van der Waals surface area contributed by atoms with Crippen LogP contribution in [0, 0.1) is 5.92 Å². The molecule has 1 aliphatic rings. The van der Waals surface area contributed by atoms with Gasteiger partial charge in [-0.05, 0) is 18.9 Å². The molecule has 0 bridgehead atoms. The van der Waals surface area contributed by atoms with Crippen LogP contribution in [0.2, 0.25) is 0 Å². The first-order valence-electron chi connectivity index (χ1n) is 6.35. The fourth-order valence-corrected chi connectivity index (χ4v) is 2.34. The maximum atomic E-state index is 12.1. The monoisotopic (exact) mass is 263 g/mol. The summed E-state index contributed by atoms with van der Waals surface area (Å²) in [5.74, 6) is -1.35. The predicted molar refractivity (Wildman–Crippen MR) is 68.8 cm³/mol. The van der Waals surface area contributed by atoms with E-state index >= 15 is 0 Å². The summed E-state index contributed by atoms with van der Waals surface area (Å²) in [5.41, 5.74) is 0.574. The van der Waals surface area contributed by atoms with Crippen molar-refractivity contribution < 1.29 is 19.8 Å². The number of aliphatic carboxylic acids is 1. The van der Waals surface area contributed by atoms with Gasteiger partial charge in [0.05, 0.1) is 12.3 Å². The smallest absolute Gasteiger partial charge is 0.308 e. The second-order valence-corrected chi connectivity index (χ2v) is 4.82. The SMILES string of the molecule is O=C(O)C1CCCN(C(=O)Cc2ccccc2O)C1. The van der Waals surface area contributed by atoms with Crippen molar-refractivity contribution in [3.63, 3.8) is 0 Å². The van der Waals surface area contributed by atoms with Gasteiger partial charge in [-0.15, -0.1) is 0 Å². The Morgan fingerprint density at radius 3 is 2.74 bits per heavy atom. The third-order valence-electron chi connectivity index (χ3n) is 3.46. The quantitative estimate of drug-likeness (QED) is 0.860. The Hall–Kier alpha value is -2.04. The van der Waals surface area contributed by atoms with Crippen molar-refractivity contribution in [2.24, 2.45) is 5.92 Å². The first kappa shape index (κ1) is 13.4. The summed E-state index contributed by atoms with van der Waals surface area (Å²) in [6, 6.07) is 6.70. The zero-order valence-corrected chi connectivity index (χ0v) is 10.6. The van der Waals surface area contributed by atoms with Gasteiger partial charge in [-0.2, -0.15) is 0 Å².